The van der Waals surface area contributed by atoms with Gasteiger partial charge in [-0.25, -0.2) is 0 Å². The zero-order valence-electron chi connectivity index (χ0n) is 12.4. The molecule has 1 N–H and O–H groups in total. The summed E-state index contributed by atoms with van der Waals surface area (Å²) in [5.41, 5.74) is 1.33. The van der Waals surface area contributed by atoms with Crippen molar-refractivity contribution in [1.82, 2.24) is 0 Å². The molecular weight excluding hydrogens is 380 g/mol. The fourth-order valence-electron chi connectivity index (χ4n) is 1.83. The summed E-state index contributed by atoms with van der Waals surface area (Å²) >= 11 is 4.83. The molecule has 0 radical (unpaired) electrons. The second-order valence-corrected chi connectivity index (χ2v) is 6.67. The average molecular weight is 393 g/mol. The van der Waals surface area contributed by atoms with E-state index >= 15 is 0 Å². The number of ether oxygens (including phenoxy) is 2. The molecule has 1 amide bonds. The fourth-order valence-corrected chi connectivity index (χ4v) is 2.96. The lowest BCUT2D eigenvalue weighted by Crippen LogP contribution is -2.13. The fraction of sp³-hybridized carbons (Fsp3) is 0.125. The maximum atomic E-state index is 12.2. The normalized spacial score (nSPS) is 10.8. The predicted octanol–water partition coefficient (Wildman–Crippen LogP) is 4.07. The lowest BCUT2D eigenvalue weighted by Gasteiger charge is -2.10. The molecular formula is C16H13BrN2O3S. The molecule has 0 aliphatic heterocycles. The number of amides is 1. The van der Waals surface area contributed by atoms with Gasteiger partial charge in [0.15, 0.2) is 11.5 Å². The molecule has 5 nitrogen and oxygen atoms in total. The van der Waals surface area contributed by atoms with Crippen molar-refractivity contribution in [3.8, 4) is 17.6 Å². The number of anilines is 1. The minimum Gasteiger partial charge on any atom is -0.493 e. The standard InChI is InChI=1S/C16H13BrN2O3S/c1-21-13-4-3-12(7-14(13)22-2)19-16(20)11(8-18)5-10-6-15(17)23-9-10/h3-7,9H,1-2H3,(H,19,20)/b11-5+. The molecule has 118 valence electrons. The van der Waals surface area contributed by atoms with E-state index in [9.17, 15) is 10.1 Å². The van der Waals surface area contributed by atoms with Crippen LogP contribution in [0.5, 0.6) is 11.5 Å². The van der Waals surface area contributed by atoms with Gasteiger partial charge < -0.3 is 14.8 Å². The summed E-state index contributed by atoms with van der Waals surface area (Å²) in [6, 6.07) is 8.74. The molecule has 0 unspecified atom stereocenters. The first-order valence-corrected chi connectivity index (χ1v) is 8.14. The van der Waals surface area contributed by atoms with Crippen LogP contribution in [0.3, 0.4) is 0 Å². The van der Waals surface area contributed by atoms with Gasteiger partial charge in [0, 0.05) is 11.8 Å². The van der Waals surface area contributed by atoms with Gasteiger partial charge in [-0.15, -0.1) is 11.3 Å². The maximum Gasteiger partial charge on any atom is 0.266 e. The zero-order chi connectivity index (χ0) is 16.8. The van der Waals surface area contributed by atoms with Crippen molar-refractivity contribution in [3.05, 3.63) is 44.6 Å². The van der Waals surface area contributed by atoms with Crippen molar-refractivity contribution in [2.24, 2.45) is 0 Å². The highest BCUT2D eigenvalue weighted by molar-refractivity contribution is 9.11. The van der Waals surface area contributed by atoms with E-state index in [1.807, 2.05) is 17.5 Å². The summed E-state index contributed by atoms with van der Waals surface area (Å²) < 4.78 is 11.3. The minimum atomic E-state index is -0.484. The number of hydrogen-bond acceptors (Lipinski definition) is 5. The number of methoxy groups -OCH3 is 2. The zero-order valence-corrected chi connectivity index (χ0v) is 14.8. The topological polar surface area (TPSA) is 71.3 Å². The van der Waals surface area contributed by atoms with E-state index in [0.29, 0.717) is 17.2 Å². The third-order valence-corrected chi connectivity index (χ3v) is 4.43. The number of nitrogens with one attached hydrogen (secondary N) is 1. The lowest BCUT2D eigenvalue weighted by atomic mass is 10.2. The Labute approximate surface area is 146 Å². The van der Waals surface area contributed by atoms with Gasteiger partial charge in [0.1, 0.15) is 11.6 Å². The largest absolute Gasteiger partial charge is 0.493 e. The third-order valence-electron chi connectivity index (χ3n) is 2.91. The number of benzene rings is 1. The Morgan fingerprint density at radius 2 is 2.04 bits per heavy atom. The molecule has 7 heteroatoms. The Morgan fingerprint density at radius 3 is 2.61 bits per heavy atom. The van der Waals surface area contributed by atoms with Crippen molar-refractivity contribution < 1.29 is 14.3 Å². The molecule has 0 saturated carbocycles. The summed E-state index contributed by atoms with van der Waals surface area (Å²) in [6.45, 7) is 0. The van der Waals surface area contributed by atoms with Crippen LogP contribution in [0.4, 0.5) is 5.69 Å². The third kappa shape index (κ3) is 4.34. The summed E-state index contributed by atoms with van der Waals surface area (Å²) in [7, 11) is 3.05. The Balaban J connectivity index is 2.20. The van der Waals surface area contributed by atoms with Crippen LogP contribution in [0, 0.1) is 11.3 Å². The highest BCUT2D eigenvalue weighted by Crippen LogP contribution is 2.30. The van der Waals surface area contributed by atoms with Crippen LogP contribution < -0.4 is 14.8 Å². The molecule has 2 aromatic rings. The van der Waals surface area contributed by atoms with E-state index in [0.717, 1.165) is 9.35 Å². The van der Waals surface area contributed by atoms with Crippen LogP contribution in [-0.4, -0.2) is 20.1 Å². The van der Waals surface area contributed by atoms with E-state index in [1.165, 1.54) is 31.6 Å². The second-order valence-electron chi connectivity index (χ2n) is 4.38. The molecule has 0 bridgehead atoms. The Hall–Kier alpha value is -2.30. The molecule has 1 aromatic heterocycles. The van der Waals surface area contributed by atoms with Crippen molar-refractivity contribution >= 4 is 44.9 Å². The van der Waals surface area contributed by atoms with Gasteiger partial charge in [0.2, 0.25) is 0 Å². The Morgan fingerprint density at radius 1 is 1.30 bits per heavy atom. The average Bonchev–Trinajstić information content (AvgIpc) is 2.97. The molecule has 1 aromatic carbocycles. The molecule has 0 aliphatic rings. The van der Waals surface area contributed by atoms with Gasteiger partial charge in [-0.05, 0) is 51.1 Å². The summed E-state index contributed by atoms with van der Waals surface area (Å²) in [5, 5.41) is 13.7. The summed E-state index contributed by atoms with van der Waals surface area (Å²) in [4.78, 5) is 12.2. The van der Waals surface area contributed by atoms with E-state index < -0.39 is 5.91 Å². The van der Waals surface area contributed by atoms with Crippen LogP contribution in [0.1, 0.15) is 5.56 Å². The van der Waals surface area contributed by atoms with E-state index in [-0.39, 0.29) is 5.57 Å². The molecule has 0 atom stereocenters. The molecule has 0 spiro atoms. The van der Waals surface area contributed by atoms with Gasteiger partial charge in [0.25, 0.3) is 5.91 Å². The lowest BCUT2D eigenvalue weighted by molar-refractivity contribution is -0.112. The summed E-state index contributed by atoms with van der Waals surface area (Å²) in [5.74, 6) is 0.571. The first-order chi connectivity index (χ1) is 11.1. The Bertz CT molecular complexity index is 793. The number of rotatable bonds is 5. The molecule has 0 aliphatic carbocycles. The van der Waals surface area contributed by atoms with Crippen molar-refractivity contribution in [1.29, 1.82) is 5.26 Å². The number of nitriles is 1. The number of thiophene rings is 1. The molecule has 0 saturated heterocycles. The molecule has 23 heavy (non-hydrogen) atoms. The number of hydrogen-bond donors (Lipinski definition) is 1. The van der Waals surface area contributed by atoms with Crippen molar-refractivity contribution in [3.63, 3.8) is 0 Å². The SMILES string of the molecule is COc1ccc(NC(=O)/C(C#N)=C/c2csc(Br)c2)cc1OC. The van der Waals surface area contributed by atoms with E-state index in [2.05, 4.69) is 21.2 Å². The summed E-state index contributed by atoms with van der Waals surface area (Å²) in [6.07, 6.45) is 1.54. The second kappa shape index (κ2) is 7.81. The van der Waals surface area contributed by atoms with Crippen LogP contribution in [0.25, 0.3) is 6.08 Å². The number of nitrogens with zero attached hydrogens (tertiary/aromatic N) is 1. The van der Waals surface area contributed by atoms with Crippen molar-refractivity contribution in [2.45, 2.75) is 0 Å². The van der Waals surface area contributed by atoms with Gasteiger partial charge in [0.05, 0.1) is 18.0 Å². The maximum absolute atomic E-state index is 12.2. The molecule has 1 heterocycles. The van der Waals surface area contributed by atoms with Crippen LogP contribution in [0.2, 0.25) is 0 Å². The number of carbonyl (C=O) groups excluding carboxylic acids is 1. The van der Waals surface area contributed by atoms with Gasteiger partial charge in [-0.1, -0.05) is 0 Å². The number of halogens is 1. The highest BCUT2D eigenvalue weighted by atomic mass is 79.9. The van der Waals surface area contributed by atoms with E-state index in [1.54, 1.807) is 18.2 Å². The first-order valence-electron chi connectivity index (χ1n) is 6.46. The Kier molecular flexibility index (Phi) is 5.79. The number of carbonyl (C=O) groups is 1. The highest BCUT2D eigenvalue weighted by Gasteiger charge is 2.12. The van der Waals surface area contributed by atoms with Crippen LogP contribution in [-0.2, 0) is 4.79 Å². The first kappa shape index (κ1) is 17.1. The van der Waals surface area contributed by atoms with E-state index in [4.69, 9.17) is 9.47 Å². The van der Waals surface area contributed by atoms with Crippen LogP contribution in [0.15, 0.2) is 39.0 Å². The monoisotopic (exact) mass is 392 g/mol. The van der Waals surface area contributed by atoms with Gasteiger partial charge >= 0.3 is 0 Å². The van der Waals surface area contributed by atoms with Crippen LogP contribution >= 0.6 is 27.3 Å². The predicted molar refractivity (Wildman–Crippen MR) is 93.8 cm³/mol. The van der Waals surface area contributed by atoms with Gasteiger partial charge in [-0.2, -0.15) is 5.26 Å². The van der Waals surface area contributed by atoms with Crippen molar-refractivity contribution in [2.75, 3.05) is 19.5 Å². The quantitative estimate of drug-likeness (QED) is 0.614. The molecule has 0 fully saturated rings. The van der Waals surface area contributed by atoms with Gasteiger partial charge in [-0.3, -0.25) is 4.79 Å². The molecule has 2 rings (SSSR count). The smallest absolute Gasteiger partial charge is 0.266 e. The minimum absolute atomic E-state index is 0.0186.